The lowest BCUT2D eigenvalue weighted by molar-refractivity contribution is 0.0531. The van der Waals surface area contributed by atoms with Crippen LogP contribution >= 0.6 is 46.2 Å². The fourth-order valence-electron chi connectivity index (χ4n) is 1.74. The summed E-state index contributed by atoms with van der Waals surface area (Å²) in [6.07, 6.45) is 0. The van der Waals surface area contributed by atoms with Crippen LogP contribution in [0.1, 0.15) is 34.6 Å². The molecule has 0 aromatic carbocycles. The number of carbonyl (C=O) groups is 1. The minimum Gasteiger partial charge on any atom is -0.462 e. The van der Waals surface area contributed by atoms with Crippen LogP contribution in [0.3, 0.4) is 0 Å². The molecule has 0 radical (unpaired) electrons. The van der Waals surface area contributed by atoms with Crippen molar-refractivity contribution >= 4 is 57.2 Å². The van der Waals surface area contributed by atoms with Crippen LogP contribution in [0.5, 0.6) is 0 Å². The molecule has 0 spiro atoms. The molecule has 0 saturated carbocycles. The van der Waals surface area contributed by atoms with E-state index >= 15 is 0 Å². The first-order valence-corrected chi connectivity index (χ1v) is 10.8. The normalized spacial score (nSPS) is 10.4. The fourth-order valence-corrected chi connectivity index (χ4v) is 5.65. The molecule has 2 aromatic rings. The number of anilines is 1. The molecule has 2 aromatic heterocycles. The maximum absolute atomic E-state index is 12.1. The number of carbonyl (C=O) groups excluding carboxylic acids is 1. The van der Waals surface area contributed by atoms with Crippen LogP contribution in [-0.4, -0.2) is 28.5 Å². The van der Waals surface area contributed by atoms with Crippen molar-refractivity contribution in [3.05, 3.63) is 28.2 Å². The molecule has 6 nitrogen and oxygen atoms in total. The predicted molar refractivity (Wildman–Crippen MR) is 104 cm³/mol. The Kier molecular flexibility index (Phi) is 7.31. The Balaban J connectivity index is 2.13. The third kappa shape index (κ3) is 5.22. The number of thiophene rings is 1. The average molecular weight is 413 g/mol. The zero-order valence-corrected chi connectivity index (χ0v) is 17.0. The van der Waals surface area contributed by atoms with Crippen molar-refractivity contribution in [2.75, 3.05) is 18.1 Å². The number of aromatic nitrogens is 2. The van der Waals surface area contributed by atoms with E-state index in [-0.39, 0.29) is 6.61 Å². The molecule has 2 heterocycles. The molecule has 10 heteroatoms. The highest BCUT2D eigenvalue weighted by molar-refractivity contribution is 8.03. The van der Waals surface area contributed by atoms with Gasteiger partial charge in [0, 0.05) is 17.1 Å². The van der Waals surface area contributed by atoms with E-state index in [1.807, 2.05) is 6.92 Å². The third-order valence-corrected chi connectivity index (χ3v) is 7.27. The molecule has 2 rings (SSSR count). The number of nitriles is 1. The molecule has 2 N–H and O–H groups in total. The van der Waals surface area contributed by atoms with Gasteiger partial charge in [-0.1, -0.05) is 47.0 Å². The summed E-state index contributed by atoms with van der Waals surface area (Å²) in [5, 5.41) is 17.9. The van der Waals surface area contributed by atoms with Gasteiger partial charge in [0.25, 0.3) is 0 Å². The molecule has 0 unspecified atom stereocenters. The minimum atomic E-state index is -0.453. The molecule has 0 fully saturated rings. The number of nitrogens with zero attached hydrogens (tertiary/aromatic N) is 3. The lowest BCUT2D eigenvalue weighted by Gasteiger charge is -2.03. The molecule has 0 atom stereocenters. The van der Waals surface area contributed by atoms with Gasteiger partial charge < -0.3 is 10.5 Å². The minimum absolute atomic E-state index is 0.269. The maximum atomic E-state index is 12.1. The van der Waals surface area contributed by atoms with Gasteiger partial charge >= 0.3 is 5.97 Å². The van der Waals surface area contributed by atoms with Gasteiger partial charge in [-0.2, -0.15) is 5.26 Å². The van der Waals surface area contributed by atoms with E-state index in [9.17, 15) is 10.1 Å². The largest absolute Gasteiger partial charge is 0.462 e. The van der Waals surface area contributed by atoms with Gasteiger partial charge in [-0.3, -0.25) is 0 Å². The van der Waals surface area contributed by atoms with Gasteiger partial charge in [-0.05, 0) is 13.8 Å². The standard InChI is InChI=1S/C15H16N4O2S4/c1-4-21-13(20)11-10(9(5-16)12(17)24-11)7-23-15-19-18-14(25-15)22-6-8(2)3/h2,4,6-7,17H2,1,3H3. The zero-order chi connectivity index (χ0) is 18.4. The number of thioether (sulfide) groups is 2. The van der Waals surface area contributed by atoms with Crippen LogP contribution in [-0.2, 0) is 10.5 Å². The molecular formula is C15H16N4O2S4. The lowest BCUT2D eigenvalue weighted by Crippen LogP contribution is -2.05. The molecule has 0 aliphatic heterocycles. The maximum Gasteiger partial charge on any atom is 0.348 e. The summed E-state index contributed by atoms with van der Waals surface area (Å²) in [6.45, 7) is 7.83. The first kappa shape index (κ1) is 19.8. The number of hydrogen-bond donors (Lipinski definition) is 1. The Morgan fingerprint density at radius 1 is 1.36 bits per heavy atom. The SMILES string of the molecule is C=C(C)CSc1nnc(SCc2c(C(=O)OCC)sc(N)c2C#N)s1. The molecule has 132 valence electrons. The van der Waals surface area contributed by atoms with E-state index in [0.29, 0.717) is 26.8 Å². The van der Waals surface area contributed by atoms with E-state index in [0.717, 1.165) is 31.3 Å². The van der Waals surface area contributed by atoms with Gasteiger partial charge in [0.15, 0.2) is 8.68 Å². The van der Waals surface area contributed by atoms with Crippen molar-refractivity contribution in [3.8, 4) is 6.07 Å². The topological polar surface area (TPSA) is 102 Å². The summed E-state index contributed by atoms with van der Waals surface area (Å²) in [6, 6.07) is 2.07. The van der Waals surface area contributed by atoms with Gasteiger partial charge in [0.05, 0.1) is 12.2 Å². The van der Waals surface area contributed by atoms with Crippen molar-refractivity contribution in [2.45, 2.75) is 28.3 Å². The number of esters is 1. The Morgan fingerprint density at radius 3 is 2.64 bits per heavy atom. The predicted octanol–water partition coefficient (Wildman–Crippen LogP) is 4.19. The fraction of sp³-hybridized carbons (Fsp3) is 0.333. The Labute approximate surface area is 162 Å². The van der Waals surface area contributed by atoms with Crippen LogP contribution in [0.15, 0.2) is 20.8 Å². The van der Waals surface area contributed by atoms with E-state index in [1.54, 1.807) is 18.7 Å². The Morgan fingerprint density at radius 2 is 2.04 bits per heavy atom. The van der Waals surface area contributed by atoms with Crippen LogP contribution in [0, 0.1) is 11.3 Å². The molecule has 0 bridgehead atoms. The molecule has 0 aliphatic rings. The monoisotopic (exact) mass is 412 g/mol. The highest BCUT2D eigenvalue weighted by Gasteiger charge is 2.23. The van der Waals surface area contributed by atoms with Gasteiger partial charge in [0.1, 0.15) is 15.9 Å². The molecule has 0 amide bonds. The average Bonchev–Trinajstić information content (AvgIpc) is 3.15. The van der Waals surface area contributed by atoms with Crippen molar-refractivity contribution in [1.29, 1.82) is 5.26 Å². The number of nitrogens with two attached hydrogens (primary N) is 1. The van der Waals surface area contributed by atoms with Crippen LogP contribution in [0.25, 0.3) is 0 Å². The molecule has 0 saturated heterocycles. The molecule has 0 aliphatic carbocycles. The zero-order valence-electron chi connectivity index (χ0n) is 13.7. The van der Waals surface area contributed by atoms with Gasteiger partial charge in [-0.25, -0.2) is 4.79 Å². The third-order valence-electron chi connectivity index (χ3n) is 2.78. The summed E-state index contributed by atoms with van der Waals surface area (Å²) in [4.78, 5) is 12.5. The second kappa shape index (κ2) is 9.24. The van der Waals surface area contributed by atoms with Crippen LogP contribution < -0.4 is 5.73 Å². The summed E-state index contributed by atoms with van der Waals surface area (Å²) in [7, 11) is 0. The summed E-state index contributed by atoms with van der Waals surface area (Å²) >= 11 is 5.57. The van der Waals surface area contributed by atoms with Gasteiger partial charge in [0.2, 0.25) is 0 Å². The second-order valence-corrected chi connectivity index (χ2v) is 9.32. The molecular weight excluding hydrogens is 396 g/mol. The summed E-state index contributed by atoms with van der Waals surface area (Å²) in [5.41, 5.74) is 7.87. The Bertz CT molecular complexity index is 822. The second-order valence-electron chi connectivity index (χ2n) is 4.85. The summed E-state index contributed by atoms with van der Waals surface area (Å²) in [5.74, 6) is 0.752. The van der Waals surface area contributed by atoms with E-state index in [1.165, 1.54) is 23.1 Å². The van der Waals surface area contributed by atoms with Crippen molar-refractivity contribution in [1.82, 2.24) is 10.2 Å². The van der Waals surface area contributed by atoms with E-state index < -0.39 is 5.97 Å². The first-order valence-electron chi connectivity index (χ1n) is 7.18. The highest BCUT2D eigenvalue weighted by atomic mass is 32.2. The smallest absolute Gasteiger partial charge is 0.348 e. The van der Waals surface area contributed by atoms with Crippen LogP contribution in [0.4, 0.5) is 5.00 Å². The van der Waals surface area contributed by atoms with Crippen LogP contribution in [0.2, 0.25) is 0 Å². The van der Waals surface area contributed by atoms with Crippen molar-refractivity contribution in [3.63, 3.8) is 0 Å². The number of rotatable bonds is 8. The van der Waals surface area contributed by atoms with Gasteiger partial charge in [-0.15, -0.1) is 21.5 Å². The summed E-state index contributed by atoms with van der Waals surface area (Å²) < 4.78 is 6.69. The highest BCUT2D eigenvalue weighted by Crippen LogP contribution is 2.37. The van der Waals surface area contributed by atoms with E-state index in [4.69, 9.17) is 10.5 Å². The van der Waals surface area contributed by atoms with Crippen molar-refractivity contribution < 1.29 is 9.53 Å². The molecule has 25 heavy (non-hydrogen) atoms. The van der Waals surface area contributed by atoms with E-state index in [2.05, 4.69) is 22.8 Å². The first-order chi connectivity index (χ1) is 12.0. The number of hydrogen-bond acceptors (Lipinski definition) is 10. The van der Waals surface area contributed by atoms with Crippen molar-refractivity contribution in [2.24, 2.45) is 0 Å². The number of nitrogen functional groups attached to an aromatic ring is 1. The quantitative estimate of drug-likeness (QED) is 0.391. The lowest BCUT2D eigenvalue weighted by atomic mass is 10.2. The number of ether oxygens (including phenoxy) is 1. The Hall–Kier alpha value is -1.54.